The molecule has 1 aromatic heterocycles. The molecule has 2 N–H and O–H groups in total. The molecule has 1 amide bonds. The van der Waals surface area contributed by atoms with Gasteiger partial charge in [0.2, 0.25) is 0 Å². The third kappa shape index (κ3) is 4.98. The van der Waals surface area contributed by atoms with Gasteiger partial charge in [0, 0.05) is 47.2 Å². The summed E-state index contributed by atoms with van der Waals surface area (Å²) in [6.45, 7) is -0.118. The van der Waals surface area contributed by atoms with Gasteiger partial charge in [-0.15, -0.1) is 0 Å². The van der Waals surface area contributed by atoms with E-state index in [4.69, 9.17) is 15.6 Å². The number of alkyl halides is 1. The molecular weight excluding hydrogens is 537 g/mol. The van der Waals surface area contributed by atoms with Crippen LogP contribution in [-0.4, -0.2) is 46.0 Å². The van der Waals surface area contributed by atoms with E-state index in [0.29, 0.717) is 16.8 Å². The molecule has 3 aliphatic rings. The van der Waals surface area contributed by atoms with Gasteiger partial charge in [0.15, 0.2) is 6.23 Å². The maximum atomic E-state index is 14.4. The summed E-state index contributed by atoms with van der Waals surface area (Å²) in [5, 5.41) is 4.73. The first-order valence-corrected chi connectivity index (χ1v) is 12.4. The van der Waals surface area contributed by atoms with E-state index in [1.165, 1.54) is 17.1 Å². The Labute approximate surface area is 214 Å². The molecule has 0 bridgehead atoms. The summed E-state index contributed by atoms with van der Waals surface area (Å²) in [5.74, 6) is -1.59. The summed E-state index contributed by atoms with van der Waals surface area (Å²) < 4.78 is 51.0. The SMILES string of the molecule is NC1C=C(F)C(CCN2C(=O)COC2c2cn(-c3ccc(Br)cc3)nc2C2=CCC(F)C=C2)=C(F)C1. The lowest BCUT2D eigenvalue weighted by molar-refractivity contribution is -0.128. The van der Waals surface area contributed by atoms with Crippen molar-refractivity contribution in [2.75, 3.05) is 13.2 Å². The fraction of sp³-hybridized carbons (Fsp3) is 0.308. The van der Waals surface area contributed by atoms with E-state index in [0.717, 1.165) is 10.2 Å². The van der Waals surface area contributed by atoms with Crippen LogP contribution in [-0.2, 0) is 9.53 Å². The lowest BCUT2D eigenvalue weighted by Gasteiger charge is -2.25. The molecule has 10 heteroatoms. The second-order valence-corrected chi connectivity index (χ2v) is 9.81. The molecule has 1 aliphatic heterocycles. The summed E-state index contributed by atoms with van der Waals surface area (Å²) in [7, 11) is 0. The molecule has 0 radical (unpaired) electrons. The molecular formula is C26H24BrF3N4O2. The van der Waals surface area contributed by atoms with Crippen molar-refractivity contribution in [3.05, 3.63) is 87.7 Å². The number of allylic oxidation sites excluding steroid dienone is 5. The minimum absolute atomic E-state index is 0.0190. The Morgan fingerprint density at radius 3 is 2.69 bits per heavy atom. The van der Waals surface area contributed by atoms with E-state index in [-0.39, 0.29) is 43.9 Å². The van der Waals surface area contributed by atoms with E-state index in [1.807, 2.05) is 24.3 Å². The van der Waals surface area contributed by atoms with E-state index in [9.17, 15) is 18.0 Å². The monoisotopic (exact) mass is 560 g/mol. The molecule has 2 aliphatic carbocycles. The van der Waals surface area contributed by atoms with Crippen LogP contribution in [0.3, 0.4) is 0 Å². The highest BCUT2D eigenvalue weighted by Crippen LogP contribution is 2.37. The lowest BCUT2D eigenvalue weighted by Crippen LogP contribution is -2.31. The van der Waals surface area contributed by atoms with Gasteiger partial charge in [0.1, 0.15) is 30.1 Å². The number of nitrogens with two attached hydrogens (primary N) is 1. The Balaban J connectivity index is 1.47. The number of carbonyl (C=O) groups is 1. The zero-order valence-electron chi connectivity index (χ0n) is 19.2. The van der Waals surface area contributed by atoms with Gasteiger partial charge in [-0.2, -0.15) is 5.10 Å². The predicted octanol–water partition coefficient (Wildman–Crippen LogP) is 5.37. The van der Waals surface area contributed by atoms with Crippen molar-refractivity contribution in [1.29, 1.82) is 0 Å². The van der Waals surface area contributed by atoms with Crippen molar-refractivity contribution >= 4 is 27.4 Å². The number of halogens is 4. The summed E-state index contributed by atoms with van der Waals surface area (Å²) in [6.07, 6.45) is 6.10. The molecule has 1 fully saturated rings. The van der Waals surface area contributed by atoms with Crippen LogP contribution in [0, 0.1) is 0 Å². The van der Waals surface area contributed by atoms with Crippen molar-refractivity contribution < 1.29 is 22.7 Å². The van der Waals surface area contributed by atoms with Gasteiger partial charge < -0.3 is 15.4 Å². The minimum atomic E-state index is -1.07. The fourth-order valence-corrected chi connectivity index (χ4v) is 4.80. The lowest BCUT2D eigenvalue weighted by atomic mass is 9.98. The summed E-state index contributed by atoms with van der Waals surface area (Å²) in [5.41, 5.74) is 8.22. The van der Waals surface area contributed by atoms with Crippen LogP contribution < -0.4 is 5.73 Å². The van der Waals surface area contributed by atoms with E-state index < -0.39 is 30.1 Å². The van der Waals surface area contributed by atoms with Gasteiger partial charge >= 0.3 is 0 Å². The molecule has 5 rings (SSSR count). The molecule has 0 saturated carbocycles. The van der Waals surface area contributed by atoms with Gasteiger partial charge in [-0.25, -0.2) is 17.9 Å². The fourth-order valence-electron chi connectivity index (χ4n) is 4.54. The molecule has 188 valence electrons. The van der Waals surface area contributed by atoms with Crippen molar-refractivity contribution in [3.63, 3.8) is 0 Å². The van der Waals surface area contributed by atoms with Gasteiger partial charge in [0.25, 0.3) is 5.91 Å². The smallest absolute Gasteiger partial charge is 0.250 e. The third-order valence-corrected chi connectivity index (χ3v) is 6.91. The molecule has 1 aromatic carbocycles. The maximum Gasteiger partial charge on any atom is 0.250 e. The second-order valence-electron chi connectivity index (χ2n) is 8.89. The Bertz CT molecular complexity index is 1300. The zero-order chi connectivity index (χ0) is 25.4. The zero-order valence-corrected chi connectivity index (χ0v) is 20.8. The first-order valence-electron chi connectivity index (χ1n) is 11.6. The number of amides is 1. The number of hydrogen-bond donors (Lipinski definition) is 1. The highest BCUT2D eigenvalue weighted by Gasteiger charge is 2.37. The molecule has 1 saturated heterocycles. The Hall–Kier alpha value is -2.95. The van der Waals surface area contributed by atoms with Gasteiger partial charge in [-0.3, -0.25) is 4.79 Å². The van der Waals surface area contributed by atoms with Gasteiger partial charge in [0.05, 0.1) is 5.69 Å². The van der Waals surface area contributed by atoms with E-state index >= 15 is 0 Å². The highest BCUT2D eigenvalue weighted by molar-refractivity contribution is 9.10. The topological polar surface area (TPSA) is 73.4 Å². The number of aromatic nitrogens is 2. The van der Waals surface area contributed by atoms with Crippen LogP contribution in [0.4, 0.5) is 13.2 Å². The summed E-state index contributed by atoms with van der Waals surface area (Å²) in [4.78, 5) is 14.2. The van der Waals surface area contributed by atoms with Crippen LogP contribution in [0.5, 0.6) is 0 Å². The van der Waals surface area contributed by atoms with Crippen LogP contribution in [0.2, 0.25) is 0 Å². The van der Waals surface area contributed by atoms with Crippen molar-refractivity contribution in [2.45, 2.75) is 37.7 Å². The number of nitrogens with zero attached hydrogens (tertiary/aromatic N) is 3. The number of benzene rings is 1. The number of carbonyl (C=O) groups excluding carboxylic acids is 1. The Kier molecular flexibility index (Phi) is 7.00. The molecule has 6 nitrogen and oxygen atoms in total. The Morgan fingerprint density at radius 1 is 1.22 bits per heavy atom. The largest absolute Gasteiger partial charge is 0.344 e. The second kappa shape index (κ2) is 10.2. The molecule has 0 spiro atoms. The number of hydrogen-bond acceptors (Lipinski definition) is 4. The average Bonchev–Trinajstić information content (AvgIpc) is 3.43. The normalized spacial score (nSPS) is 24.4. The molecule has 36 heavy (non-hydrogen) atoms. The van der Waals surface area contributed by atoms with Gasteiger partial charge in [-0.05, 0) is 48.4 Å². The van der Waals surface area contributed by atoms with Crippen LogP contribution >= 0.6 is 15.9 Å². The van der Waals surface area contributed by atoms with Crippen LogP contribution in [0.15, 0.2) is 76.5 Å². The summed E-state index contributed by atoms with van der Waals surface area (Å²) in [6, 6.07) is 6.82. The van der Waals surface area contributed by atoms with Crippen molar-refractivity contribution in [2.24, 2.45) is 5.73 Å². The standard InChI is InChI=1S/C26H24BrF3N4O2/c27-16-3-7-19(8-4-16)34-13-21(25(32-34)15-1-5-17(28)6-2-15)26-33(24(35)14-36-26)10-9-20-22(29)11-18(31)12-23(20)30/h1-5,7-8,11,13,17-18,26H,6,9-10,12,14,31H2. The number of ether oxygens (including phenoxy) is 1. The first kappa shape index (κ1) is 24.7. The number of rotatable bonds is 6. The van der Waals surface area contributed by atoms with Crippen LogP contribution in [0.25, 0.3) is 11.3 Å². The molecule has 2 aromatic rings. The van der Waals surface area contributed by atoms with Crippen molar-refractivity contribution in [3.8, 4) is 5.69 Å². The molecule has 2 heterocycles. The first-order chi connectivity index (χ1) is 17.3. The van der Waals surface area contributed by atoms with Crippen LogP contribution in [0.1, 0.15) is 36.7 Å². The van der Waals surface area contributed by atoms with Gasteiger partial charge in [-0.1, -0.05) is 28.1 Å². The third-order valence-electron chi connectivity index (χ3n) is 6.38. The van der Waals surface area contributed by atoms with Crippen molar-refractivity contribution in [1.82, 2.24) is 14.7 Å². The summed E-state index contributed by atoms with van der Waals surface area (Å²) >= 11 is 3.42. The highest BCUT2D eigenvalue weighted by atomic mass is 79.9. The molecule has 3 atom stereocenters. The van der Waals surface area contributed by atoms with E-state index in [2.05, 4.69) is 15.9 Å². The predicted molar refractivity (Wildman–Crippen MR) is 133 cm³/mol. The minimum Gasteiger partial charge on any atom is -0.344 e. The van der Waals surface area contributed by atoms with E-state index in [1.54, 1.807) is 23.0 Å². The molecule has 3 unspecified atom stereocenters. The Morgan fingerprint density at radius 2 is 2.00 bits per heavy atom. The quantitative estimate of drug-likeness (QED) is 0.515. The maximum absolute atomic E-state index is 14.4. The average molecular weight is 561 g/mol.